The molecule has 0 radical (unpaired) electrons. The number of halogens is 3. The van der Waals surface area contributed by atoms with Crippen molar-refractivity contribution in [1.82, 2.24) is 0 Å². The van der Waals surface area contributed by atoms with Crippen LogP contribution in [0.25, 0.3) is 0 Å². The van der Waals surface area contributed by atoms with Gasteiger partial charge >= 0.3 is 6.18 Å². The maximum Gasteiger partial charge on any atom is 0.420 e. The van der Waals surface area contributed by atoms with E-state index in [2.05, 4.69) is 6.07 Å². The summed E-state index contributed by atoms with van der Waals surface area (Å²) in [7, 11) is 0. The van der Waals surface area contributed by atoms with E-state index in [1.165, 1.54) is 23.5 Å². The van der Waals surface area contributed by atoms with E-state index >= 15 is 13.2 Å². The molecule has 4 heterocycles. The van der Waals surface area contributed by atoms with Crippen molar-refractivity contribution < 1.29 is 13.2 Å². The minimum atomic E-state index is -5.05. The summed E-state index contributed by atoms with van der Waals surface area (Å²) in [6.45, 7) is 0. The average molecular weight is 960 g/mol. The molecule has 9 aromatic rings. The number of nitriles is 1. The number of nitrogens with zero attached hydrogens (tertiary/aromatic N) is 5. The maximum absolute atomic E-state index is 17.8. The third kappa shape index (κ3) is 6.30. The summed E-state index contributed by atoms with van der Waals surface area (Å²) in [5.74, 6) is 0. The number of benzene rings is 9. The van der Waals surface area contributed by atoms with E-state index in [1.807, 2.05) is 209 Å². The highest BCUT2D eigenvalue weighted by molar-refractivity contribution is 8.00. The standard InChI is InChI=1S/C56H32F3N5S4/c57-56(58,59)51-52(61-35-17-1-9-25-43(35)65-44-26-10-2-18-36(44)61)34(33-60)53(62-37-19-3-11-27-45(37)66-46-28-12-4-20-38(46)62)55(64-41-23-7-15-31-49(41)68-50-32-16-8-24-42(50)64)54(51)63-39-21-5-13-29-47(39)67-48-30-14-6-22-40(48)63/h1-32H. The van der Waals surface area contributed by atoms with Gasteiger partial charge in [-0.15, -0.1) is 0 Å². The van der Waals surface area contributed by atoms with Crippen LogP contribution < -0.4 is 19.6 Å². The first-order chi connectivity index (χ1) is 33.4. The molecule has 0 aromatic heterocycles. The van der Waals surface area contributed by atoms with Gasteiger partial charge < -0.3 is 19.6 Å². The summed E-state index contributed by atoms with van der Waals surface area (Å²) in [4.78, 5) is 14.2. The summed E-state index contributed by atoms with van der Waals surface area (Å²) in [6.07, 6.45) is -5.05. The Balaban J connectivity index is 1.32. The van der Waals surface area contributed by atoms with Crippen molar-refractivity contribution in [3.63, 3.8) is 0 Å². The van der Waals surface area contributed by atoms with Crippen LogP contribution >= 0.6 is 47.0 Å². The topological polar surface area (TPSA) is 36.8 Å². The van der Waals surface area contributed by atoms with Crippen molar-refractivity contribution in [2.45, 2.75) is 45.3 Å². The van der Waals surface area contributed by atoms with E-state index < -0.39 is 11.7 Å². The van der Waals surface area contributed by atoms with Gasteiger partial charge in [0.05, 0.1) is 68.2 Å². The van der Waals surface area contributed by atoms with E-state index in [0.717, 1.165) is 50.5 Å². The molecule has 0 aliphatic carbocycles. The fourth-order valence-corrected chi connectivity index (χ4v) is 14.0. The van der Waals surface area contributed by atoms with Crippen molar-refractivity contribution in [2.75, 3.05) is 19.6 Å². The monoisotopic (exact) mass is 959 g/mol. The molecular weight excluding hydrogens is 928 g/mol. The number of fused-ring (bicyclic) bond motifs is 8. The molecule has 0 saturated carbocycles. The summed E-state index contributed by atoms with van der Waals surface area (Å²) in [5, 5.41) is 12.3. The highest BCUT2D eigenvalue weighted by atomic mass is 32.2. The maximum atomic E-state index is 17.8. The van der Waals surface area contributed by atoms with Crippen LogP contribution in [0.2, 0.25) is 0 Å². The zero-order valence-corrected chi connectivity index (χ0v) is 38.7. The number of anilines is 12. The second-order valence-corrected chi connectivity index (χ2v) is 20.6. The summed E-state index contributed by atoms with van der Waals surface area (Å²) >= 11 is 6.21. The van der Waals surface area contributed by atoms with Gasteiger partial charge in [-0.05, 0) is 97.1 Å². The van der Waals surface area contributed by atoms with Crippen LogP contribution in [0, 0.1) is 11.3 Å². The summed E-state index contributed by atoms with van der Waals surface area (Å²) in [6, 6.07) is 64.5. The largest absolute Gasteiger partial charge is 0.420 e. The molecule has 0 atom stereocenters. The van der Waals surface area contributed by atoms with Crippen molar-refractivity contribution in [3.8, 4) is 6.07 Å². The van der Waals surface area contributed by atoms with Gasteiger partial charge in [-0.3, -0.25) is 0 Å². The minimum Gasteiger partial charge on any atom is -0.306 e. The molecule has 0 unspecified atom stereocenters. The van der Waals surface area contributed by atoms with Crippen LogP contribution in [0.5, 0.6) is 0 Å². The number of alkyl halides is 3. The first-order valence-electron chi connectivity index (χ1n) is 21.7. The lowest BCUT2D eigenvalue weighted by Gasteiger charge is -2.45. The molecule has 0 fully saturated rings. The van der Waals surface area contributed by atoms with Gasteiger partial charge in [-0.2, -0.15) is 18.4 Å². The lowest BCUT2D eigenvalue weighted by molar-refractivity contribution is -0.136. The van der Waals surface area contributed by atoms with Crippen LogP contribution in [0.3, 0.4) is 0 Å². The third-order valence-corrected chi connectivity index (χ3v) is 16.9. The summed E-state index contributed by atoms with van der Waals surface area (Å²) in [5.41, 5.74) is 4.18. The normalized spacial score (nSPS) is 14.0. The first-order valence-corrected chi connectivity index (χ1v) is 25.0. The molecule has 0 saturated heterocycles. The van der Waals surface area contributed by atoms with Gasteiger partial charge in [0.25, 0.3) is 0 Å². The van der Waals surface area contributed by atoms with Crippen molar-refractivity contribution in [2.24, 2.45) is 0 Å². The SMILES string of the molecule is N#Cc1c(N2c3ccccc3Sc3ccccc32)c(N2c3ccccc3Sc3ccccc32)c(N2c3ccccc3Sc3ccccc32)c(C(F)(F)F)c1N1c2ccccc2Sc2ccccc21. The van der Waals surface area contributed by atoms with E-state index in [1.54, 1.807) is 28.4 Å². The fraction of sp³-hybridized carbons (Fsp3) is 0.0179. The Morgan fingerprint density at radius 2 is 0.529 bits per heavy atom. The molecule has 0 bridgehead atoms. The van der Waals surface area contributed by atoms with E-state index in [4.69, 9.17) is 0 Å². The van der Waals surface area contributed by atoms with Crippen LogP contribution in [-0.4, -0.2) is 0 Å². The van der Waals surface area contributed by atoms with E-state index in [9.17, 15) is 5.26 Å². The van der Waals surface area contributed by atoms with Gasteiger partial charge in [0.15, 0.2) is 0 Å². The zero-order chi connectivity index (χ0) is 45.7. The Kier molecular flexibility index (Phi) is 9.66. The molecule has 0 amide bonds. The molecule has 326 valence electrons. The Bertz CT molecular complexity index is 3430. The van der Waals surface area contributed by atoms with Crippen LogP contribution in [0.1, 0.15) is 11.1 Å². The predicted octanol–water partition coefficient (Wildman–Crippen LogP) is 18.3. The first kappa shape index (κ1) is 41.1. The highest BCUT2D eigenvalue weighted by Gasteiger charge is 2.50. The van der Waals surface area contributed by atoms with Crippen molar-refractivity contribution in [1.29, 1.82) is 5.26 Å². The molecule has 5 nitrogen and oxygen atoms in total. The van der Waals surface area contributed by atoms with Crippen LogP contribution in [0.4, 0.5) is 81.4 Å². The zero-order valence-electron chi connectivity index (χ0n) is 35.5. The van der Waals surface area contributed by atoms with Crippen molar-refractivity contribution >= 4 is 115 Å². The molecule has 68 heavy (non-hydrogen) atoms. The van der Waals surface area contributed by atoms with Gasteiger partial charge in [-0.1, -0.05) is 144 Å². The predicted molar refractivity (Wildman–Crippen MR) is 271 cm³/mol. The molecule has 13 rings (SSSR count). The molecule has 4 aliphatic rings. The Morgan fingerprint density at radius 1 is 0.309 bits per heavy atom. The van der Waals surface area contributed by atoms with E-state index in [0.29, 0.717) is 39.8 Å². The lowest BCUT2D eigenvalue weighted by atomic mass is 9.93. The highest BCUT2D eigenvalue weighted by Crippen LogP contribution is 2.68. The summed E-state index contributed by atoms with van der Waals surface area (Å²) < 4.78 is 53.5. The third-order valence-electron chi connectivity index (χ3n) is 12.4. The lowest BCUT2D eigenvalue weighted by Crippen LogP contribution is -2.30. The Morgan fingerprint density at radius 3 is 0.779 bits per heavy atom. The average Bonchev–Trinajstić information content (AvgIpc) is 3.37. The quantitative estimate of drug-likeness (QED) is 0.171. The van der Waals surface area contributed by atoms with E-state index in [-0.39, 0.29) is 22.6 Å². The second kappa shape index (κ2) is 16.0. The Labute approximate surface area is 407 Å². The minimum absolute atomic E-state index is 0.111. The number of para-hydroxylation sites is 8. The van der Waals surface area contributed by atoms with Gasteiger partial charge in [0.2, 0.25) is 0 Å². The molecule has 12 heteroatoms. The second-order valence-electron chi connectivity index (χ2n) is 16.2. The van der Waals surface area contributed by atoms with Crippen LogP contribution in [0.15, 0.2) is 233 Å². The molecule has 4 aliphatic heterocycles. The van der Waals surface area contributed by atoms with Crippen molar-refractivity contribution in [3.05, 3.63) is 205 Å². The van der Waals surface area contributed by atoms with Gasteiger partial charge in [0, 0.05) is 39.2 Å². The van der Waals surface area contributed by atoms with Gasteiger partial charge in [-0.25, -0.2) is 0 Å². The number of hydrogen-bond acceptors (Lipinski definition) is 9. The molecule has 9 aromatic carbocycles. The Hall–Kier alpha value is -7.14. The molecule has 0 spiro atoms. The molecular formula is C56H32F3N5S4. The number of hydrogen-bond donors (Lipinski definition) is 0. The molecule has 0 N–H and O–H groups in total. The van der Waals surface area contributed by atoms with Crippen LogP contribution in [-0.2, 0) is 6.18 Å². The van der Waals surface area contributed by atoms with Gasteiger partial charge in [0.1, 0.15) is 17.2 Å². The number of rotatable bonds is 4. The smallest absolute Gasteiger partial charge is 0.306 e. The fourth-order valence-electron chi connectivity index (χ4n) is 9.73.